The van der Waals surface area contributed by atoms with Crippen molar-refractivity contribution in [1.29, 1.82) is 0 Å². The van der Waals surface area contributed by atoms with Crippen molar-refractivity contribution in [3.8, 4) is 0 Å². The maximum Gasteiger partial charge on any atom is 0.338 e. The van der Waals surface area contributed by atoms with Crippen molar-refractivity contribution in [2.45, 2.75) is 26.3 Å². The minimum absolute atomic E-state index is 0.237. The molecule has 4 nitrogen and oxygen atoms in total. The van der Waals surface area contributed by atoms with E-state index in [4.69, 9.17) is 9.47 Å². The zero-order chi connectivity index (χ0) is 13.5. The van der Waals surface area contributed by atoms with Gasteiger partial charge in [-0.1, -0.05) is 19.1 Å². The zero-order valence-electron chi connectivity index (χ0n) is 11.4. The molecule has 1 aromatic carbocycles. The number of ether oxygens (including phenoxy) is 2. The Morgan fingerprint density at radius 1 is 1.32 bits per heavy atom. The third kappa shape index (κ3) is 3.78. The van der Waals surface area contributed by atoms with Gasteiger partial charge in [0.2, 0.25) is 0 Å². The lowest BCUT2D eigenvalue weighted by Crippen LogP contribution is -2.26. The first kappa shape index (κ1) is 14.0. The minimum Gasteiger partial charge on any atom is -0.460 e. The standard InChI is InChI=1S/C15H21NO3/c1-2-8-18-9-10-19-15(17)14-5-3-4-12-11-16-7-6-13(12)14/h3-5,16H,2,6-11H2,1H3. The maximum atomic E-state index is 12.1. The van der Waals surface area contributed by atoms with Gasteiger partial charge in [-0.25, -0.2) is 4.79 Å². The number of rotatable bonds is 6. The molecule has 0 fully saturated rings. The average molecular weight is 263 g/mol. The summed E-state index contributed by atoms with van der Waals surface area (Å²) in [5.41, 5.74) is 3.03. The van der Waals surface area contributed by atoms with E-state index in [0.29, 0.717) is 25.4 Å². The largest absolute Gasteiger partial charge is 0.460 e. The lowest BCUT2D eigenvalue weighted by molar-refractivity contribution is 0.0317. The predicted octanol–water partition coefficient (Wildman–Crippen LogP) is 1.92. The average Bonchev–Trinajstić information content (AvgIpc) is 2.46. The van der Waals surface area contributed by atoms with Gasteiger partial charge in [0.15, 0.2) is 0 Å². The van der Waals surface area contributed by atoms with Crippen LogP contribution in [0, 0.1) is 0 Å². The fourth-order valence-electron chi connectivity index (χ4n) is 2.24. The molecule has 2 rings (SSSR count). The van der Waals surface area contributed by atoms with E-state index in [1.807, 2.05) is 12.1 Å². The number of hydrogen-bond acceptors (Lipinski definition) is 4. The van der Waals surface area contributed by atoms with Crippen LogP contribution in [0.4, 0.5) is 0 Å². The highest BCUT2D eigenvalue weighted by Gasteiger charge is 2.17. The molecule has 19 heavy (non-hydrogen) atoms. The summed E-state index contributed by atoms with van der Waals surface area (Å²) in [6.07, 6.45) is 1.86. The molecule has 1 aliphatic heterocycles. The smallest absolute Gasteiger partial charge is 0.338 e. The molecule has 0 amide bonds. The summed E-state index contributed by atoms with van der Waals surface area (Å²) in [5, 5.41) is 3.30. The van der Waals surface area contributed by atoms with Crippen molar-refractivity contribution in [3.05, 3.63) is 34.9 Å². The Bertz CT molecular complexity index is 431. The molecular formula is C15H21NO3. The number of esters is 1. The topological polar surface area (TPSA) is 47.6 Å². The van der Waals surface area contributed by atoms with E-state index < -0.39 is 0 Å². The van der Waals surface area contributed by atoms with Crippen LogP contribution in [0.5, 0.6) is 0 Å². The van der Waals surface area contributed by atoms with Crippen LogP contribution in [-0.2, 0) is 22.4 Å². The summed E-state index contributed by atoms with van der Waals surface area (Å²) in [4.78, 5) is 12.1. The van der Waals surface area contributed by atoms with Gasteiger partial charge in [0, 0.05) is 13.2 Å². The lowest BCUT2D eigenvalue weighted by Gasteiger charge is -2.19. The van der Waals surface area contributed by atoms with E-state index in [2.05, 4.69) is 18.3 Å². The van der Waals surface area contributed by atoms with E-state index in [9.17, 15) is 4.79 Å². The maximum absolute atomic E-state index is 12.1. The summed E-state index contributed by atoms with van der Waals surface area (Å²) in [6.45, 7) is 5.30. The van der Waals surface area contributed by atoms with Crippen molar-refractivity contribution in [1.82, 2.24) is 5.32 Å². The second-order valence-electron chi connectivity index (χ2n) is 4.62. The highest BCUT2D eigenvalue weighted by molar-refractivity contribution is 5.91. The highest BCUT2D eigenvalue weighted by atomic mass is 16.6. The van der Waals surface area contributed by atoms with Crippen LogP contribution >= 0.6 is 0 Å². The van der Waals surface area contributed by atoms with Crippen molar-refractivity contribution >= 4 is 5.97 Å². The van der Waals surface area contributed by atoms with E-state index >= 15 is 0 Å². The van der Waals surface area contributed by atoms with Crippen LogP contribution in [0.2, 0.25) is 0 Å². The van der Waals surface area contributed by atoms with Gasteiger partial charge in [0.25, 0.3) is 0 Å². The second kappa shape index (κ2) is 7.26. The number of fused-ring (bicyclic) bond motifs is 1. The fourth-order valence-corrected chi connectivity index (χ4v) is 2.24. The van der Waals surface area contributed by atoms with Crippen molar-refractivity contribution < 1.29 is 14.3 Å². The summed E-state index contributed by atoms with van der Waals surface area (Å²) < 4.78 is 10.6. The quantitative estimate of drug-likeness (QED) is 0.629. The second-order valence-corrected chi connectivity index (χ2v) is 4.62. The van der Waals surface area contributed by atoms with E-state index in [0.717, 1.165) is 31.5 Å². The molecule has 0 aromatic heterocycles. The van der Waals surface area contributed by atoms with Gasteiger partial charge >= 0.3 is 5.97 Å². The van der Waals surface area contributed by atoms with Gasteiger partial charge in [0.05, 0.1) is 12.2 Å². The number of benzene rings is 1. The number of carbonyl (C=O) groups is 1. The Labute approximate surface area is 114 Å². The summed E-state index contributed by atoms with van der Waals surface area (Å²) >= 11 is 0. The molecule has 0 aliphatic carbocycles. The van der Waals surface area contributed by atoms with Crippen LogP contribution < -0.4 is 5.32 Å². The van der Waals surface area contributed by atoms with Crippen molar-refractivity contribution in [3.63, 3.8) is 0 Å². The third-order valence-electron chi connectivity index (χ3n) is 3.17. The number of carbonyl (C=O) groups excluding carboxylic acids is 1. The van der Waals surface area contributed by atoms with Crippen LogP contribution in [0.3, 0.4) is 0 Å². The van der Waals surface area contributed by atoms with Crippen molar-refractivity contribution in [2.24, 2.45) is 0 Å². The van der Waals surface area contributed by atoms with Gasteiger partial charge in [0.1, 0.15) is 6.61 Å². The molecule has 1 heterocycles. The Hall–Kier alpha value is -1.39. The van der Waals surface area contributed by atoms with Crippen LogP contribution in [0.1, 0.15) is 34.8 Å². The van der Waals surface area contributed by atoms with Crippen LogP contribution in [0.25, 0.3) is 0 Å². The Balaban J connectivity index is 1.92. The zero-order valence-corrected chi connectivity index (χ0v) is 11.4. The molecule has 0 spiro atoms. The van der Waals surface area contributed by atoms with E-state index in [1.165, 1.54) is 5.56 Å². The fraction of sp³-hybridized carbons (Fsp3) is 0.533. The highest BCUT2D eigenvalue weighted by Crippen LogP contribution is 2.19. The van der Waals surface area contributed by atoms with Gasteiger partial charge in [-0.3, -0.25) is 0 Å². The lowest BCUT2D eigenvalue weighted by atomic mass is 9.95. The third-order valence-corrected chi connectivity index (χ3v) is 3.17. The van der Waals surface area contributed by atoms with E-state index in [-0.39, 0.29) is 5.97 Å². The molecule has 0 saturated heterocycles. The van der Waals surface area contributed by atoms with Crippen molar-refractivity contribution in [2.75, 3.05) is 26.4 Å². The molecule has 1 N–H and O–H groups in total. The van der Waals surface area contributed by atoms with Gasteiger partial charge in [-0.2, -0.15) is 0 Å². The molecule has 1 aromatic rings. The van der Waals surface area contributed by atoms with E-state index in [1.54, 1.807) is 0 Å². The number of nitrogens with one attached hydrogen (secondary N) is 1. The molecule has 104 valence electrons. The monoisotopic (exact) mass is 263 g/mol. The normalized spacial score (nSPS) is 13.9. The summed E-state index contributed by atoms with van der Waals surface area (Å²) in [7, 11) is 0. The van der Waals surface area contributed by atoms with Gasteiger partial charge < -0.3 is 14.8 Å². The summed E-state index contributed by atoms with van der Waals surface area (Å²) in [6, 6.07) is 5.82. The van der Waals surface area contributed by atoms with Crippen LogP contribution in [0.15, 0.2) is 18.2 Å². The predicted molar refractivity (Wildman–Crippen MR) is 73.2 cm³/mol. The molecule has 0 radical (unpaired) electrons. The molecule has 0 unspecified atom stereocenters. The Morgan fingerprint density at radius 3 is 3.05 bits per heavy atom. The minimum atomic E-state index is -0.237. The molecule has 0 atom stereocenters. The molecule has 0 saturated carbocycles. The Kier molecular flexibility index (Phi) is 5.36. The number of hydrogen-bond donors (Lipinski definition) is 1. The first-order valence-corrected chi connectivity index (χ1v) is 6.89. The van der Waals surface area contributed by atoms with Crippen LogP contribution in [-0.4, -0.2) is 32.3 Å². The molecule has 1 aliphatic rings. The van der Waals surface area contributed by atoms with Gasteiger partial charge in [-0.15, -0.1) is 0 Å². The first-order valence-electron chi connectivity index (χ1n) is 6.89. The molecular weight excluding hydrogens is 242 g/mol. The molecule has 4 heteroatoms. The molecule has 0 bridgehead atoms. The Morgan fingerprint density at radius 2 is 2.21 bits per heavy atom. The van der Waals surface area contributed by atoms with Gasteiger partial charge in [-0.05, 0) is 36.6 Å². The summed E-state index contributed by atoms with van der Waals surface area (Å²) in [5.74, 6) is -0.237. The first-order chi connectivity index (χ1) is 9.33. The SMILES string of the molecule is CCCOCCOC(=O)c1cccc2c1CCNC2.